The molecule has 0 aliphatic heterocycles. The Labute approximate surface area is 127 Å². The summed E-state index contributed by atoms with van der Waals surface area (Å²) >= 11 is 0. The van der Waals surface area contributed by atoms with Gasteiger partial charge in [0, 0.05) is 12.0 Å². The van der Waals surface area contributed by atoms with Crippen molar-refractivity contribution >= 4 is 5.97 Å². The SMILES string of the molecule is CC1=C[C@@H](O)[C@H]2C[C@@H](C)C[C@@H](C)[C@@H]2[C@H]1/C=C/C=C/C(=O)O. The van der Waals surface area contributed by atoms with Gasteiger partial charge in [-0.2, -0.15) is 0 Å². The molecule has 21 heavy (non-hydrogen) atoms. The molecule has 3 nitrogen and oxygen atoms in total. The Hall–Kier alpha value is -1.35. The van der Waals surface area contributed by atoms with Crippen LogP contribution < -0.4 is 0 Å². The summed E-state index contributed by atoms with van der Waals surface area (Å²) in [5, 5.41) is 19.0. The van der Waals surface area contributed by atoms with Crippen LogP contribution in [0, 0.1) is 29.6 Å². The number of carboxylic acids is 1. The fraction of sp³-hybridized carbons (Fsp3) is 0.611. The van der Waals surface area contributed by atoms with E-state index in [4.69, 9.17) is 5.11 Å². The topological polar surface area (TPSA) is 57.5 Å². The average Bonchev–Trinajstić information content (AvgIpc) is 2.37. The average molecular weight is 290 g/mol. The van der Waals surface area contributed by atoms with Crippen molar-refractivity contribution < 1.29 is 15.0 Å². The molecule has 0 amide bonds. The molecule has 116 valence electrons. The molecule has 0 spiro atoms. The third kappa shape index (κ3) is 3.65. The van der Waals surface area contributed by atoms with Crippen LogP contribution in [-0.4, -0.2) is 22.3 Å². The number of allylic oxidation sites excluding steroid dienone is 4. The number of fused-ring (bicyclic) bond motifs is 1. The molecule has 0 aromatic heterocycles. The highest BCUT2D eigenvalue weighted by Gasteiger charge is 2.43. The van der Waals surface area contributed by atoms with Crippen LogP contribution in [0.4, 0.5) is 0 Å². The fourth-order valence-corrected chi connectivity index (χ4v) is 4.33. The van der Waals surface area contributed by atoms with E-state index in [1.54, 1.807) is 6.08 Å². The van der Waals surface area contributed by atoms with Gasteiger partial charge in [0.05, 0.1) is 6.10 Å². The third-order valence-electron chi connectivity index (χ3n) is 5.08. The highest BCUT2D eigenvalue weighted by molar-refractivity contribution is 5.80. The van der Waals surface area contributed by atoms with Gasteiger partial charge in [-0.1, -0.05) is 43.7 Å². The first kappa shape index (κ1) is 16.0. The number of aliphatic hydroxyl groups excluding tert-OH is 1. The molecule has 0 unspecified atom stereocenters. The zero-order valence-corrected chi connectivity index (χ0v) is 13.1. The second kappa shape index (κ2) is 6.61. The molecule has 2 N–H and O–H groups in total. The highest BCUT2D eigenvalue weighted by Crippen LogP contribution is 2.48. The van der Waals surface area contributed by atoms with Crippen LogP contribution in [0.2, 0.25) is 0 Å². The number of carboxylic acid groups (broad SMARTS) is 1. The molecule has 0 aromatic rings. The summed E-state index contributed by atoms with van der Waals surface area (Å²) in [7, 11) is 0. The zero-order chi connectivity index (χ0) is 15.6. The lowest BCUT2D eigenvalue weighted by Crippen LogP contribution is -2.43. The summed E-state index contributed by atoms with van der Waals surface area (Å²) in [5.41, 5.74) is 1.20. The molecule has 0 aromatic carbocycles. The summed E-state index contributed by atoms with van der Waals surface area (Å²) in [4.78, 5) is 10.5. The molecule has 1 fully saturated rings. The number of aliphatic carboxylic acids is 1. The second-order valence-electron chi connectivity index (χ2n) is 6.80. The van der Waals surface area contributed by atoms with E-state index in [0.717, 1.165) is 12.5 Å². The molecule has 3 heteroatoms. The van der Waals surface area contributed by atoms with E-state index < -0.39 is 5.97 Å². The summed E-state index contributed by atoms with van der Waals surface area (Å²) in [5.74, 6) is 1.40. The van der Waals surface area contributed by atoms with E-state index in [1.165, 1.54) is 12.0 Å². The van der Waals surface area contributed by atoms with Crippen molar-refractivity contribution in [3.05, 3.63) is 36.0 Å². The van der Waals surface area contributed by atoms with E-state index in [0.29, 0.717) is 29.6 Å². The van der Waals surface area contributed by atoms with Gasteiger partial charge in [-0.05, 0) is 43.4 Å². The lowest BCUT2D eigenvalue weighted by Gasteiger charge is -2.47. The maximum Gasteiger partial charge on any atom is 0.328 e. The van der Waals surface area contributed by atoms with E-state index in [1.807, 2.05) is 12.2 Å². The molecule has 2 aliphatic rings. The van der Waals surface area contributed by atoms with Crippen LogP contribution in [-0.2, 0) is 4.79 Å². The Balaban J connectivity index is 2.22. The maximum absolute atomic E-state index is 10.5. The first-order valence-corrected chi connectivity index (χ1v) is 7.84. The minimum atomic E-state index is -0.927. The van der Waals surface area contributed by atoms with Gasteiger partial charge in [-0.25, -0.2) is 4.79 Å². The molecule has 0 bridgehead atoms. The monoisotopic (exact) mass is 290 g/mol. The van der Waals surface area contributed by atoms with Crippen molar-refractivity contribution in [2.24, 2.45) is 29.6 Å². The Bertz CT molecular complexity index is 475. The van der Waals surface area contributed by atoms with Crippen LogP contribution in [0.15, 0.2) is 36.0 Å². The number of hydrogen-bond donors (Lipinski definition) is 2. The largest absolute Gasteiger partial charge is 0.478 e. The first-order valence-electron chi connectivity index (χ1n) is 7.84. The van der Waals surface area contributed by atoms with Crippen molar-refractivity contribution in [1.29, 1.82) is 0 Å². The fourth-order valence-electron chi connectivity index (χ4n) is 4.33. The van der Waals surface area contributed by atoms with Gasteiger partial charge in [0.1, 0.15) is 0 Å². The molecule has 0 heterocycles. The predicted molar refractivity (Wildman–Crippen MR) is 83.7 cm³/mol. The Kier molecular flexibility index (Phi) is 5.04. The van der Waals surface area contributed by atoms with Crippen LogP contribution in [0.1, 0.15) is 33.6 Å². The maximum atomic E-state index is 10.5. The van der Waals surface area contributed by atoms with Gasteiger partial charge in [0.25, 0.3) is 0 Å². The van der Waals surface area contributed by atoms with Gasteiger partial charge >= 0.3 is 5.97 Å². The van der Waals surface area contributed by atoms with E-state index in [-0.39, 0.29) is 6.10 Å². The predicted octanol–water partition coefficient (Wildman–Crippen LogP) is 3.42. The quantitative estimate of drug-likeness (QED) is 0.476. The summed E-state index contributed by atoms with van der Waals surface area (Å²) in [6, 6.07) is 0. The molecular weight excluding hydrogens is 264 g/mol. The van der Waals surface area contributed by atoms with Crippen LogP contribution >= 0.6 is 0 Å². The summed E-state index contributed by atoms with van der Waals surface area (Å²) < 4.78 is 0. The minimum absolute atomic E-state index is 0.305. The number of rotatable bonds is 3. The third-order valence-corrected chi connectivity index (χ3v) is 5.08. The van der Waals surface area contributed by atoms with E-state index >= 15 is 0 Å². The summed E-state index contributed by atoms with van der Waals surface area (Å²) in [6.07, 6.45) is 10.6. The molecule has 2 aliphatic carbocycles. The van der Waals surface area contributed by atoms with Gasteiger partial charge in [-0.15, -0.1) is 0 Å². The van der Waals surface area contributed by atoms with Crippen LogP contribution in [0.25, 0.3) is 0 Å². The van der Waals surface area contributed by atoms with Gasteiger partial charge in [-0.3, -0.25) is 0 Å². The lowest BCUT2D eigenvalue weighted by molar-refractivity contribution is -0.131. The van der Waals surface area contributed by atoms with Crippen molar-refractivity contribution in [3.8, 4) is 0 Å². The van der Waals surface area contributed by atoms with Crippen LogP contribution in [0.5, 0.6) is 0 Å². The number of carbonyl (C=O) groups is 1. The van der Waals surface area contributed by atoms with Crippen molar-refractivity contribution in [2.75, 3.05) is 0 Å². The zero-order valence-electron chi connectivity index (χ0n) is 13.1. The number of aliphatic hydroxyl groups is 1. The van der Waals surface area contributed by atoms with Crippen molar-refractivity contribution in [2.45, 2.75) is 39.7 Å². The highest BCUT2D eigenvalue weighted by atomic mass is 16.4. The van der Waals surface area contributed by atoms with E-state index in [9.17, 15) is 9.90 Å². The summed E-state index contributed by atoms with van der Waals surface area (Å²) in [6.45, 7) is 6.62. The minimum Gasteiger partial charge on any atom is -0.478 e. The standard InChI is InChI=1S/C18H26O3/c1-11-8-13(3)18-14(6-4-5-7-17(20)21)12(2)10-16(19)15(18)9-11/h4-7,10-11,13-16,18-19H,8-9H2,1-3H3,(H,20,21)/b6-4+,7-5+/t11-,13+,14-,15+,16+,18+/m0/s1. The molecule has 1 saturated carbocycles. The first-order chi connectivity index (χ1) is 9.90. The Morgan fingerprint density at radius 2 is 2.00 bits per heavy atom. The van der Waals surface area contributed by atoms with E-state index in [2.05, 4.69) is 26.8 Å². The lowest BCUT2D eigenvalue weighted by atomic mass is 9.58. The molecule has 0 saturated heterocycles. The Morgan fingerprint density at radius 1 is 1.29 bits per heavy atom. The number of hydrogen-bond acceptors (Lipinski definition) is 2. The van der Waals surface area contributed by atoms with Gasteiger partial charge in [0.2, 0.25) is 0 Å². The van der Waals surface area contributed by atoms with Gasteiger partial charge in [0.15, 0.2) is 0 Å². The van der Waals surface area contributed by atoms with Gasteiger partial charge < -0.3 is 10.2 Å². The van der Waals surface area contributed by atoms with Crippen LogP contribution in [0.3, 0.4) is 0 Å². The van der Waals surface area contributed by atoms with Crippen molar-refractivity contribution in [3.63, 3.8) is 0 Å². The molecule has 2 rings (SSSR count). The normalized spacial score (nSPS) is 40.3. The van der Waals surface area contributed by atoms with Crippen molar-refractivity contribution in [1.82, 2.24) is 0 Å². The smallest absolute Gasteiger partial charge is 0.328 e. The second-order valence-corrected chi connectivity index (χ2v) is 6.80. The molecule has 0 radical (unpaired) electrons. The molecular formula is C18H26O3. The Morgan fingerprint density at radius 3 is 2.67 bits per heavy atom. The molecule has 6 atom stereocenters.